The highest BCUT2D eigenvalue weighted by Gasteiger charge is 2.30. The minimum Gasteiger partial charge on any atom is -0.310 e. The largest absolute Gasteiger partial charge is 0.310 e. The van der Waals surface area contributed by atoms with Crippen molar-refractivity contribution in [1.82, 2.24) is 0 Å². The fourth-order valence-corrected chi connectivity index (χ4v) is 9.68. The molecule has 0 aliphatic heterocycles. The molecule has 1 heteroatoms. The summed E-state index contributed by atoms with van der Waals surface area (Å²) in [6.45, 7) is 0. The Morgan fingerprint density at radius 2 is 0.719 bits per heavy atom. The lowest BCUT2D eigenvalue weighted by Crippen LogP contribution is -2.12. The number of benzene rings is 10. The lowest BCUT2D eigenvalue weighted by molar-refractivity contribution is 0.729. The summed E-state index contributed by atoms with van der Waals surface area (Å²) in [6.07, 6.45) is 2.02. The van der Waals surface area contributed by atoms with Crippen LogP contribution in [0.2, 0.25) is 0 Å². The summed E-state index contributed by atoms with van der Waals surface area (Å²) in [7, 11) is 0. The number of fused-ring (bicyclic) bond motifs is 3. The zero-order valence-corrected chi connectivity index (χ0v) is 35.7. The number of anilines is 3. The molecule has 0 fully saturated rings. The van der Waals surface area contributed by atoms with E-state index in [9.17, 15) is 0 Å². The first-order chi connectivity index (χ1) is 31.7. The predicted molar refractivity (Wildman–Crippen MR) is 270 cm³/mol. The molecule has 0 saturated carbocycles. The Kier molecular flexibility index (Phi) is 10.6. The summed E-state index contributed by atoms with van der Waals surface area (Å²) in [6, 6.07) is 93.2. The summed E-state index contributed by atoms with van der Waals surface area (Å²) < 4.78 is 0. The molecule has 0 saturated heterocycles. The summed E-state index contributed by atoms with van der Waals surface area (Å²) in [4.78, 5) is 2.47. The second-order valence-electron chi connectivity index (χ2n) is 16.8. The van der Waals surface area contributed by atoms with Crippen molar-refractivity contribution in [2.75, 3.05) is 4.90 Å². The van der Waals surface area contributed by atoms with Crippen LogP contribution in [0, 0.1) is 0 Å². The average molecular weight is 818 g/mol. The Balaban J connectivity index is 0.983. The molecule has 0 radical (unpaired) electrons. The second-order valence-corrected chi connectivity index (χ2v) is 16.8. The molecule has 0 bridgehead atoms. The molecule has 0 heterocycles. The first kappa shape index (κ1) is 38.9. The molecule has 10 aromatic carbocycles. The molecular formula is C63H47N. The van der Waals surface area contributed by atoms with E-state index in [4.69, 9.17) is 0 Å². The Morgan fingerprint density at radius 3 is 1.34 bits per heavy atom. The molecule has 304 valence electrons. The zero-order chi connectivity index (χ0) is 42.7. The third kappa shape index (κ3) is 7.74. The van der Waals surface area contributed by atoms with Gasteiger partial charge >= 0.3 is 0 Å². The van der Waals surface area contributed by atoms with Crippen LogP contribution in [0.25, 0.3) is 66.8 Å². The standard InChI is InChI=1S/C63H47N/c1-4-15-46(16-5-1)49-30-27-45(28-31-49)29-41-60-58-24-10-11-25-59(58)61-42-40-56(44-62(60)61)64(55-38-36-52(37-39-55)51-34-32-50(33-35-51)47-17-6-2-7-18-47)63-26-13-12-23-57(63)54-22-14-21-53(43-54)48-19-8-3-9-20-48/h1-28,30-40,42-44,60H,29,41H2. The second kappa shape index (κ2) is 17.4. The monoisotopic (exact) mass is 817 g/mol. The van der Waals surface area contributed by atoms with Crippen LogP contribution in [0.3, 0.4) is 0 Å². The van der Waals surface area contributed by atoms with E-state index < -0.39 is 0 Å². The van der Waals surface area contributed by atoms with Crippen LogP contribution in [0.15, 0.2) is 255 Å². The van der Waals surface area contributed by atoms with Crippen molar-refractivity contribution in [2.45, 2.75) is 18.8 Å². The predicted octanol–water partition coefficient (Wildman–Crippen LogP) is 17.2. The third-order valence-corrected chi connectivity index (χ3v) is 13.0. The van der Waals surface area contributed by atoms with Gasteiger partial charge in [0.25, 0.3) is 0 Å². The minimum atomic E-state index is 0.279. The van der Waals surface area contributed by atoms with Crippen LogP contribution in [-0.4, -0.2) is 0 Å². The van der Waals surface area contributed by atoms with Crippen molar-refractivity contribution in [3.05, 3.63) is 271 Å². The van der Waals surface area contributed by atoms with Gasteiger partial charge in [-0.3, -0.25) is 0 Å². The molecule has 1 atom stereocenters. The van der Waals surface area contributed by atoms with Crippen molar-refractivity contribution in [2.24, 2.45) is 0 Å². The van der Waals surface area contributed by atoms with Gasteiger partial charge in [0.2, 0.25) is 0 Å². The average Bonchev–Trinajstić information content (AvgIpc) is 3.70. The normalized spacial score (nSPS) is 12.7. The van der Waals surface area contributed by atoms with Crippen LogP contribution in [-0.2, 0) is 6.42 Å². The van der Waals surface area contributed by atoms with Gasteiger partial charge in [0.1, 0.15) is 0 Å². The van der Waals surface area contributed by atoms with Gasteiger partial charge in [-0.2, -0.15) is 0 Å². The lowest BCUT2D eigenvalue weighted by atomic mass is 9.89. The van der Waals surface area contributed by atoms with Crippen molar-refractivity contribution in [3.8, 4) is 66.8 Å². The van der Waals surface area contributed by atoms with E-state index >= 15 is 0 Å². The van der Waals surface area contributed by atoms with E-state index in [0.29, 0.717) is 0 Å². The molecule has 11 rings (SSSR count). The minimum absolute atomic E-state index is 0.279. The highest BCUT2D eigenvalue weighted by Crippen LogP contribution is 2.50. The summed E-state index contributed by atoms with van der Waals surface area (Å²) >= 11 is 0. The van der Waals surface area contributed by atoms with Crippen LogP contribution in [0.1, 0.15) is 29.0 Å². The lowest BCUT2D eigenvalue weighted by Gasteiger charge is -2.29. The Bertz CT molecular complexity index is 3170. The highest BCUT2D eigenvalue weighted by atomic mass is 15.1. The first-order valence-electron chi connectivity index (χ1n) is 22.4. The smallest absolute Gasteiger partial charge is 0.0540 e. The number of nitrogens with zero attached hydrogens (tertiary/aromatic N) is 1. The van der Waals surface area contributed by atoms with E-state index in [0.717, 1.165) is 29.9 Å². The fraction of sp³-hybridized carbons (Fsp3) is 0.0476. The van der Waals surface area contributed by atoms with Crippen molar-refractivity contribution >= 4 is 17.1 Å². The molecule has 10 aromatic rings. The molecule has 0 amide bonds. The van der Waals surface area contributed by atoms with E-state index in [1.54, 1.807) is 0 Å². The number of hydrogen-bond acceptors (Lipinski definition) is 1. The van der Waals surface area contributed by atoms with Gasteiger partial charge in [-0.1, -0.05) is 218 Å². The third-order valence-electron chi connectivity index (χ3n) is 13.0. The molecular weight excluding hydrogens is 771 g/mol. The van der Waals surface area contributed by atoms with Gasteiger partial charge in [-0.05, 0) is 127 Å². The molecule has 1 aliphatic carbocycles. The number of aryl methyl sites for hydroxylation is 1. The highest BCUT2D eigenvalue weighted by molar-refractivity contribution is 5.91. The van der Waals surface area contributed by atoms with Crippen molar-refractivity contribution in [3.63, 3.8) is 0 Å². The number of rotatable bonds is 11. The van der Waals surface area contributed by atoms with E-state index in [2.05, 4.69) is 260 Å². The van der Waals surface area contributed by atoms with Crippen LogP contribution >= 0.6 is 0 Å². The summed E-state index contributed by atoms with van der Waals surface area (Å²) in [5, 5.41) is 0. The van der Waals surface area contributed by atoms with E-state index in [-0.39, 0.29) is 5.92 Å². The molecule has 1 unspecified atom stereocenters. The van der Waals surface area contributed by atoms with Gasteiger partial charge in [0, 0.05) is 22.9 Å². The van der Waals surface area contributed by atoms with E-state index in [1.165, 1.54) is 83.5 Å². The molecule has 0 aromatic heterocycles. The van der Waals surface area contributed by atoms with E-state index in [1.807, 2.05) is 0 Å². The maximum absolute atomic E-state index is 2.48. The Hall–Kier alpha value is -8.00. The molecule has 64 heavy (non-hydrogen) atoms. The van der Waals surface area contributed by atoms with Crippen LogP contribution in [0.4, 0.5) is 17.1 Å². The van der Waals surface area contributed by atoms with Gasteiger partial charge < -0.3 is 4.90 Å². The van der Waals surface area contributed by atoms with Crippen molar-refractivity contribution in [1.29, 1.82) is 0 Å². The Labute approximate surface area is 377 Å². The quantitative estimate of drug-likeness (QED) is 0.126. The van der Waals surface area contributed by atoms with Crippen LogP contribution < -0.4 is 4.90 Å². The molecule has 0 N–H and O–H groups in total. The number of para-hydroxylation sites is 1. The fourth-order valence-electron chi connectivity index (χ4n) is 9.68. The maximum Gasteiger partial charge on any atom is 0.0540 e. The molecule has 1 aliphatic rings. The number of hydrogen-bond donors (Lipinski definition) is 0. The topological polar surface area (TPSA) is 3.24 Å². The summed E-state index contributed by atoms with van der Waals surface area (Å²) in [5.41, 5.74) is 22.4. The first-order valence-corrected chi connectivity index (χ1v) is 22.4. The zero-order valence-electron chi connectivity index (χ0n) is 35.7. The van der Waals surface area contributed by atoms with Crippen LogP contribution in [0.5, 0.6) is 0 Å². The van der Waals surface area contributed by atoms with Gasteiger partial charge in [-0.15, -0.1) is 0 Å². The van der Waals surface area contributed by atoms with Gasteiger partial charge in [0.05, 0.1) is 5.69 Å². The SMILES string of the molecule is c1ccc(-c2ccc(CCC3c4ccccc4-c4ccc(N(c5ccc(-c6ccc(-c7ccccc7)cc6)cc5)c5ccccc5-c5cccc(-c6ccccc6)c5)cc43)cc2)cc1. The van der Waals surface area contributed by atoms with Gasteiger partial charge in [-0.25, -0.2) is 0 Å². The molecule has 0 spiro atoms. The maximum atomic E-state index is 2.48. The Morgan fingerprint density at radius 1 is 0.281 bits per heavy atom. The van der Waals surface area contributed by atoms with Crippen molar-refractivity contribution < 1.29 is 0 Å². The van der Waals surface area contributed by atoms with Gasteiger partial charge in [0.15, 0.2) is 0 Å². The summed E-state index contributed by atoms with van der Waals surface area (Å²) in [5.74, 6) is 0.279. The molecule has 1 nitrogen and oxygen atoms in total.